The van der Waals surface area contributed by atoms with Gasteiger partial charge < -0.3 is 9.47 Å². The Morgan fingerprint density at radius 3 is 2.31 bits per heavy atom. The van der Waals surface area contributed by atoms with E-state index in [9.17, 15) is 4.79 Å². The molecule has 180 valence electrons. The van der Waals surface area contributed by atoms with E-state index in [2.05, 4.69) is 10.2 Å². The van der Waals surface area contributed by atoms with Crippen molar-refractivity contribution in [3.05, 3.63) is 96.6 Å². The number of aromatic nitrogens is 3. The van der Waals surface area contributed by atoms with Crippen LogP contribution in [0, 0.1) is 0 Å². The maximum Gasteiger partial charge on any atom is 0.196 e. The number of ketones is 1. The van der Waals surface area contributed by atoms with Crippen LogP contribution in [0.5, 0.6) is 11.5 Å². The Morgan fingerprint density at radius 1 is 0.861 bits per heavy atom. The first-order chi connectivity index (χ1) is 17.7. The van der Waals surface area contributed by atoms with E-state index in [0.717, 1.165) is 33.5 Å². The molecule has 0 aliphatic heterocycles. The van der Waals surface area contributed by atoms with Crippen molar-refractivity contribution in [2.24, 2.45) is 0 Å². The van der Waals surface area contributed by atoms with Gasteiger partial charge in [0.05, 0.1) is 19.5 Å². The number of thioether (sulfide) groups is 1. The molecule has 0 bridgehead atoms. The molecule has 0 amide bonds. The standard InChI is InChI=1S/C29H25N3O3S/c1-3-35-26-16-12-24(13-17-26)32-28(21-10-14-25(34-2)15-11-21)30-31-29(32)36-19-27(33)23-9-8-20-6-4-5-7-22(20)18-23/h4-18H,3,19H2,1-2H3. The molecule has 7 heteroatoms. The van der Waals surface area contributed by atoms with Gasteiger partial charge in [-0.25, -0.2) is 0 Å². The smallest absolute Gasteiger partial charge is 0.196 e. The van der Waals surface area contributed by atoms with Gasteiger partial charge in [-0.1, -0.05) is 48.2 Å². The minimum atomic E-state index is 0.0398. The van der Waals surface area contributed by atoms with Crippen LogP contribution in [0.2, 0.25) is 0 Å². The van der Waals surface area contributed by atoms with Gasteiger partial charge in [0.2, 0.25) is 0 Å². The van der Waals surface area contributed by atoms with Gasteiger partial charge in [-0.3, -0.25) is 9.36 Å². The lowest BCUT2D eigenvalue weighted by Gasteiger charge is -2.12. The molecule has 1 aromatic heterocycles. The zero-order valence-electron chi connectivity index (χ0n) is 20.0. The van der Waals surface area contributed by atoms with E-state index < -0.39 is 0 Å². The van der Waals surface area contributed by atoms with Crippen LogP contribution in [0.4, 0.5) is 0 Å². The highest BCUT2D eigenvalue weighted by atomic mass is 32.2. The number of carbonyl (C=O) groups is 1. The molecule has 5 aromatic rings. The maximum absolute atomic E-state index is 13.1. The molecule has 36 heavy (non-hydrogen) atoms. The molecule has 0 radical (unpaired) electrons. The summed E-state index contributed by atoms with van der Waals surface area (Å²) >= 11 is 1.37. The Bertz CT molecular complexity index is 1500. The Labute approximate surface area is 213 Å². The molecule has 0 unspecified atom stereocenters. The Balaban J connectivity index is 1.45. The number of rotatable bonds is 9. The van der Waals surface area contributed by atoms with Gasteiger partial charge in [-0.05, 0) is 72.3 Å². The molecule has 0 fully saturated rings. The zero-order valence-corrected chi connectivity index (χ0v) is 20.9. The monoisotopic (exact) mass is 495 g/mol. The molecular weight excluding hydrogens is 470 g/mol. The third-order valence-corrected chi connectivity index (χ3v) is 6.72. The van der Waals surface area contributed by atoms with E-state index in [1.807, 2.05) is 102 Å². The van der Waals surface area contributed by atoms with Crippen molar-refractivity contribution in [3.63, 3.8) is 0 Å². The maximum atomic E-state index is 13.1. The number of methoxy groups -OCH3 is 1. The van der Waals surface area contributed by atoms with E-state index >= 15 is 0 Å². The van der Waals surface area contributed by atoms with E-state index in [1.54, 1.807) is 7.11 Å². The number of benzene rings is 4. The summed E-state index contributed by atoms with van der Waals surface area (Å²) in [6.07, 6.45) is 0. The van der Waals surface area contributed by atoms with Gasteiger partial charge in [0.15, 0.2) is 16.8 Å². The number of nitrogens with zero attached hydrogens (tertiary/aromatic N) is 3. The number of Topliss-reactive ketones (excluding diaryl/α,β-unsaturated/α-hetero) is 1. The summed E-state index contributed by atoms with van der Waals surface area (Å²) in [5.74, 6) is 2.53. The number of hydrogen-bond acceptors (Lipinski definition) is 6. The van der Waals surface area contributed by atoms with Crippen LogP contribution in [0.25, 0.3) is 27.8 Å². The van der Waals surface area contributed by atoms with Crippen LogP contribution in [-0.4, -0.2) is 40.0 Å². The van der Waals surface area contributed by atoms with Crippen LogP contribution in [0.15, 0.2) is 96.2 Å². The topological polar surface area (TPSA) is 66.2 Å². The number of hydrogen-bond donors (Lipinski definition) is 0. The Kier molecular flexibility index (Phi) is 7.00. The predicted molar refractivity (Wildman–Crippen MR) is 144 cm³/mol. The van der Waals surface area contributed by atoms with E-state index in [1.165, 1.54) is 11.8 Å². The first-order valence-electron chi connectivity index (χ1n) is 11.6. The second-order valence-electron chi connectivity index (χ2n) is 8.07. The summed E-state index contributed by atoms with van der Waals surface area (Å²) in [6.45, 7) is 2.55. The Morgan fingerprint density at radius 2 is 1.58 bits per heavy atom. The van der Waals surface area contributed by atoms with Crippen LogP contribution < -0.4 is 9.47 Å². The van der Waals surface area contributed by atoms with Crippen LogP contribution in [0.3, 0.4) is 0 Å². The molecule has 0 saturated heterocycles. The lowest BCUT2D eigenvalue weighted by atomic mass is 10.1. The highest BCUT2D eigenvalue weighted by molar-refractivity contribution is 7.99. The second kappa shape index (κ2) is 10.7. The van der Waals surface area contributed by atoms with Gasteiger partial charge >= 0.3 is 0 Å². The summed E-state index contributed by atoms with van der Waals surface area (Å²) in [5, 5.41) is 11.7. The molecule has 0 atom stereocenters. The molecule has 5 rings (SSSR count). The molecule has 0 saturated carbocycles. The van der Waals surface area contributed by atoms with Crippen LogP contribution in [-0.2, 0) is 0 Å². The number of ether oxygens (including phenoxy) is 2. The van der Waals surface area contributed by atoms with Crippen LogP contribution >= 0.6 is 11.8 Å². The normalized spacial score (nSPS) is 10.9. The van der Waals surface area contributed by atoms with Crippen LogP contribution in [0.1, 0.15) is 17.3 Å². The van der Waals surface area contributed by atoms with Gasteiger partial charge in [0.25, 0.3) is 0 Å². The van der Waals surface area contributed by atoms with Crippen molar-refractivity contribution in [1.29, 1.82) is 0 Å². The highest BCUT2D eigenvalue weighted by Crippen LogP contribution is 2.30. The summed E-state index contributed by atoms with van der Waals surface area (Å²) in [5.41, 5.74) is 2.46. The molecular formula is C29H25N3O3S. The van der Waals surface area contributed by atoms with Crippen molar-refractivity contribution in [2.75, 3.05) is 19.5 Å². The molecule has 0 aliphatic carbocycles. The van der Waals surface area contributed by atoms with Crippen molar-refractivity contribution in [2.45, 2.75) is 12.1 Å². The molecule has 6 nitrogen and oxygen atoms in total. The van der Waals surface area contributed by atoms with E-state index in [0.29, 0.717) is 23.2 Å². The first kappa shape index (κ1) is 23.6. The van der Waals surface area contributed by atoms with Gasteiger partial charge in [-0.2, -0.15) is 0 Å². The zero-order chi connectivity index (χ0) is 24.9. The van der Waals surface area contributed by atoms with Crippen molar-refractivity contribution < 1.29 is 14.3 Å². The van der Waals surface area contributed by atoms with E-state index in [-0.39, 0.29) is 11.5 Å². The van der Waals surface area contributed by atoms with Crippen molar-refractivity contribution >= 4 is 28.3 Å². The van der Waals surface area contributed by atoms with Crippen molar-refractivity contribution in [1.82, 2.24) is 14.8 Å². The lowest BCUT2D eigenvalue weighted by molar-refractivity contribution is 0.102. The molecule has 0 N–H and O–H groups in total. The van der Waals surface area contributed by atoms with Gasteiger partial charge in [-0.15, -0.1) is 10.2 Å². The summed E-state index contributed by atoms with van der Waals surface area (Å²) < 4.78 is 12.9. The number of fused-ring (bicyclic) bond motifs is 1. The minimum Gasteiger partial charge on any atom is -0.497 e. The highest BCUT2D eigenvalue weighted by Gasteiger charge is 2.18. The summed E-state index contributed by atoms with van der Waals surface area (Å²) in [6, 6.07) is 29.3. The van der Waals surface area contributed by atoms with Crippen molar-refractivity contribution in [3.8, 4) is 28.6 Å². The largest absolute Gasteiger partial charge is 0.497 e. The summed E-state index contributed by atoms with van der Waals surface area (Å²) in [4.78, 5) is 13.1. The third-order valence-electron chi connectivity index (χ3n) is 5.79. The predicted octanol–water partition coefficient (Wildman–Crippen LogP) is 6.47. The summed E-state index contributed by atoms with van der Waals surface area (Å²) in [7, 11) is 1.64. The van der Waals surface area contributed by atoms with E-state index in [4.69, 9.17) is 9.47 Å². The quantitative estimate of drug-likeness (QED) is 0.172. The molecule has 4 aromatic carbocycles. The van der Waals surface area contributed by atoms with Gasteiger partial charge in [0.1, 0.15) is 11.5 Å². The molecule has 0 aliphatic rings. The minimum absolute atomic E-state index is 0.0398. The number of carbonyl (C=O) groups excluding carboxylic acids is 1. The lowest BCUT2D eigenvalue weighted by Crippen LogP contribution is -2.05. The average molecular weight is 496 g/mol. The Hall–Kier alpha value is -4.10. The SMILES string of the molecule is CCOc1ccc(-n2c(SCC(=O)c3ccc4ccccc4c3)nnc2-c2ccc(OC)cc2)cc1. The molecule has 1 heterocycles. The fourth-order valence-corrected chi connectivity index (χ4v) is 4.80. The second-order valence-corrected chi connectivity index (χ2v) is 9.01. The fraction of sp³-hybridized carbons (Fsp3) is 0.138. The fourth-order valence-electron chi connectivity index (χ4n) is 3.96. The third kappa shape index (κ3) is 4.97. The average Bonchev–Trinajstić information content (AvgIpc) is 3.36. The first-order valence-corrected chi connectivity index (χ1v) is 12.6. The molecule has 0 spiro atoms. The van der Waals surface area contributed by atoms with Gasteiger partial charge in [0, 0.05) is 16.8 Å².